The summed E-state index contributed by atoms with van der Waals surface area (Å²) in [6.07, 6.45) is 7.46. The lowest BCUT2D eigenvalue weighted by molar-refractivity contribution is -0.137. The number of carbonyl (C=O) groups excluding carboxylic acids is 3. The molecule has 0 radical (unpaired) electrons. The molecule has 3 amide bonds. The summed E-state index contributed by atoms with van der Waals surface area (Å²) in [5, 5.41) is 7.10. The van der Waals surface area contributed by atoms with E-state index in [1.165, 1.54) is 22.1 Å². The molecule has 0 bridgehead atoms. The molecule has 12 nitrogen and oxygen atoms in total. The number of hydrogen-bond donors (Lipinski definition) is 3. The monoisotopic (exact) mass is 756 g/mol. The molecule has 0 aliphatic carbocycles. The lowest BCUT2D eigenvalue weighted by atomic mass is 10.0. The van der Waals surface area contributed by atoms with Gasteiger partial charge in [0.25, 0.3) is 0 Å². The Kier molecular flexibility index (Phi) is 10.7. The number of nitrogens with one attached hydrogen (secondary N) is 3. The molecule has 2 fully saturated rings. The van der Waals surface area contributed by atoms with Gasteiger partial charge in [0.2, 0.25) is 11.8 Å². The van der Waals surface area contributed by atoms with Gasteiger partial charge in [0.1, 0.15) is 17.7 Å². The van der Waals surface area contributed by atoms with Gasteiger partial charge in [-0.25, -0.2) is 14.8 Å². The first-order valence-electron chi connectivity index (χ1n) is 18.4. The number of nitrogens with zero attached hydrogens (tertiary/aromatic N) is 5. The van der Waals surface area contributed by atoms with Gasteiger partial charge in [0.15, 0.2) is 0 Å². The van der Waals surface area contributed by atoms with Crippen molar-refractivity contribution in [3.05, 3.63) is 59.1 Å². The SMILES string of the molecule is CC[C@H](C(=O)N1CCC[C@H]1c1ncc(-c2ccc(-c3csc4c(-c5cnc([C@@H]6CCCN6C(=O)[C@@H](NC(=O)OC)C(C)C)[nH]5)csc34)cc2)[nH]1)N(C)C. The third-order valence-corrected chi connectivity index (χ3v) is 12.8. The predicted octanol–water partition coefficient (Wildman–Crippen LogP) is 7.46. The van der Waals surface area contributed by atoms with Gasteiger partial charge in [-0.2, -0.15) is 0 Å². The number of fused-ring (bicyclic) bond motifs is 1. The molecule has 0 spiro atoms. The average Bonchev–Trinajstić information content (AvgIpc) is 4.00. The number of imidazole rings is 2. The number of benzene rings is 1. The number of alkyl carbamates (subject to hydrolysis) is 1. The Labute approximate surface area is 318 Å². The van der Waals surface area contributed by atoms with Crippen LogP contribution in [-0.2, 0) is 14.3 Å². The van der Waals surface area contributed by atoms with E-state index in [9.17, 15) is 14.4 Å². The normalized spacial score (nSPS) is 18.7. The highest BCUT2D eigenvalue weighted by Crippen LogP contribution is 2.44. The van der Waals surface area contributed by atoms with Gasteiger partial charge in [0.05, 0.1) is 58.4 Å². The summed E-state index contributed by atoms with van der Waals surface area (Å²) < 4.78 is 7.19. The first kappa shape index (κ1) is 36.8. The minimum absolute atomic E-state index is 0.0326. The summed E-state index contributed by atoms with van der Waals surface area (Å²) in [6, 6.07) is 7.55. The van der Waals surface area contributed by atoms with E-state index >= 15 is 0 Å². The fourth-order valence-corrected chi connectivity index (χ4v) is 10.2. The summed E-state index contributed by atoms with van der Waals surface area (Å²) in [6.45, 7) is 7.26. The predicted molar refractivity (Wildman–Crippen MR) is 210 cm³/mol. The lowest BCUT2D eigenvalue weighted by Crippen LogP contribution is -2.51. The number of carbonyl (C=O) groups is 3. The first-order valence-corrected chi connectivity index (χ1v) is 20.2. The molecule has 4 atom stereocenters. The van der Waals surface area contributed by atoms with Crippen molar-refractivity contribution in [2.75, 3.05) is 34.3 Å². The molecule has 2 saturated heterocycles. The second kappa shape index (κ2) is 15.4. The van der Waals surface area contributed by atoms with Crippen LogP contribution in [0.3, 0.4) is 0 Å². The van der Waals surface area contributed by atoms with Crippen LogP contribution < -0.4 is 5.32 Å². The molecule has 280 valence electrons. The van der Waals surface area contributed by atoms with Crippen LogP contribution in [-0.4, -0.2) is 98.9 Å². The van der Waals surface area contributed by atoms with Crippen molar-refractivity contribution in [2.24, 2.45) is 5.92 Å². The molecule has 2 aliphatic heterocycles. The maximum Gasteiger partial charge on any atom is 0.407 e. The Morgan fingerprint density at radius 2 is 1.42 bits per heavy atom. The molecule has 5 aromatic rings. The van der Waals surface area contributed by atoms with Crippen molar-refractivity contribution in [2.45, 2.75) is 77.0 Å². The summed E-state index contributed by atoms with van der Waals surface area (Å²) in [5.41, 5.74) is 6.34. The van der Waals surface area contributed by atoms with E-state index < -0.39 is 12.1 Å². The number of methoxy groups -OCH3 is 1. The van der Waals surface area contributed by atoms with Gasteiger partial charge in [-0.15, -0.1) is 22.7 Å². The van der Waals surface area contributed by atoms with Gasteiger partial charge in [-0.3, -0.25) is 14.5 Å². The van der Waals surface area contributed by atoms with E-state index in [0.29, 0.717) is 6.54 Å². The molecule has 14 heteroatoms. The molecule has 0 unspecified atom stereocenters. The van der Waals surface area contributed by atoms with Crippen molar-refractivity contribution in [3.63, 3.8) is 0 Å². The topological polar surface area (TPSA) is 140 Å². The second-order valence-electron chi connectivity index (χ2n) is 14.5. The van der Waals surface area contributed by atoms with E-state index in [2.05, 4.69) is 57.2 Å². The summed E-state index contributed by atoms with van der Waals surface area (Å²) >= 11 is 3.44. The molecule has 3 N–H and O–H groups in total. The van der Waals surface area contributed by atoms with E-state index in [1.807, 2.05) is 55.0 Å². The maximum atomic E-state index is 13.6. The van der Waals surface area contributed by atoms with Crippen LogP contribution in [0.2, 0.25) is 0 Å². The molecule has 2 aliphatic rings. The quantitative estimate of drug-likeness (QED) is 0.127. The van der Waals surface area contributed by atoms with Crippen LogP contribution in [0.25, 0.3) is 43.0 Å². The summed E-state index contributed by atoms with van der Waals surface area (Å²) in [7, 11) is 5.23. The maximum absolute atomic E-state index is 13.6. The Bertz CT molecular complexity index is 2080. The van der Waals surface area contributed by atoms with Crippen molar-refractivity contribution >= 4 is 50.0 Å². The van der Waals surface area contributed by atoms with Gasteiger partial charge < -0.3 is 29.8 Å². The van der Waals surface area contributed by atoms with Crippen molar-refractivity contribution < 1.29 is 19.1 Å². The van der Waals surface area contributed by atoms with Crippen molar-refractivity contribution in [1.82, 2.24) is 40.0 Å². The van der Waals surface area contributed by atoms with E-state index in [4.69, 9.17) is 14.7 Å². The molecule has 1 aromatic carbocycles. The van der Waals surface area contributed by atoms with Gasteiger partial charge in [-0.05, 0) is 63.2 Å². The van der Waals surface area contributed by atoms with Gasteiger partial charge >= 0.3 is 6.09 Å². The first-order chi connectivity index (χ1) is 25.6. The van der Waals surface area contributed by atoms with Crippen molar-refractivity contribution in [1.29, 1.82) is 0 Å². The Balaban J connectivity index is 1.06. The molecule has 6 heterocycles. The van der Waals surface area contributed by atoms with Crippen LogP contribution in [0.5, 0.6) is 0 Å². The molecule has 53 heavy (non-hydrogen) atoms. The number of likely N-dealkylation sites (N-methyl/N-ethyl adjacent to an activating group) is 1. The van der Waals surface area contributed by atoms with Crippen molar-refractivity contribution in [3.8, 4) is 33.6 Å². The molecular weight excluding hydrogens is 709 g/mol. The molecule has 7 rings (SSSR count). The number of H-pyrrole nitrogens is 2. The standard InChI is InChI=1S/C39H48N8O4S2/c1-7-29(45(4)5)37(48)46-16-8-10-30(46)35-40-18-27(42-35)24-14-12-23(13-15-24)25-20-52-34-26(21-53-33(25)34)28-19-41-36(43-28)31-11-9-17-47(31)38(49)32(22(2)3)44-39(50)51-6/h12-15,18-22,29-32H,7-11,16-17H2,1-6H3,(H,40,42)(H,41,43)(H,44,50)/t29-,30+,31+,32+/m1/s1. The second-order valence-corrected chi connectivity index (χ2v) is 16.3. The zero-order chi connectivity index (χ0) is 37.4. The lowest BCUT2D eigenvalue weighted by Gasteiger charge is -2.30. The van der Waals surface area contributed by atoms with E-state index in [0.717, 1.165) is 78.4 Å². The highest BCUT2D eigenvalue weighted by atomic mass is 32.1. The molecule has 4 aromatic heterocycles. The van der Waals surface area contributed by atoms with E-state index in [1.54, 1.807) is 22.7 Å². The minimum Gasteiger partial charge on any atom is -0.453 e. The average molecular weight is 757 g/mol. The number of aromatic amines is 2. The summed E-state index contributed by atoms with van der Waals surface area (Å²) in [5.74, 6) is 1.56. The third-order valence-electron chi connectivity index (χ3n) is 10.7. The van der Waals surface area contributed by atoms with Gasteiger partial charge in [-0.1, -0.05) is 45.0 Å². The highest BCUT2D eigenvalue weighted by Gasteiger charge is 2.38. The Morgan fingerprint density at radius 1 is 0.868 bits per heavy atom. The number of rotatable bonds is 11. The molecule has 0 saturated carbocycles. The van der Waals surface area contributed by atoms with Gasteiger partial charge in [0, 0.05) is 35.0 Å². The number of hydrogen-bond acceptors (Lipinski definition) is 9. The third kappa shape index (κ3) is 7.11. The fourth-order valence-electron chi connectivity index (χ4n) is 7.79. The number of amides is 3. The Morgan fingerprint density at radius 3 is 2.00 bits per heavy atom. The zero-order valence-corrected chi connectivity index (χ0v) is 32.8. The fraction of sp³-hybridized carbons (Fsp3) is 0.462. The summed E-state index contributed by atoms with van der Waals surface area (Å²) in [4.78, 5) is 61.4. The number of aromatic nitrogens is 4. The zero-order valence-electron chi connectivity index (χ0n) is 31.1. The van der Waals surface area contributed by atoms with Crippen LogP contribution in [0.4, 0.5) is 4.79 Å². The van der Waals surface area contributed by atoms with Crippen LogP contribution >= 0.6 is 22.7 Å². The van der Waals surface area contributed by atoms with Crippen LogP contribution in [0.1, 0.15) is 76.6 Å². The highest BCUT2D eigenvalue weighted by molar-refractivity contribution is 7.27. The van der Waals surface area contributed by atoms with Crippen LogP contribution in [0.15, 0.2) is 47.4 Å². The largest absolute Gasteiger partial charge is 0.453 e. The smallest absolute Gasteiger partial charge is 0.407 e. The van der Waals surface area contributed by atoms with Crippen LogP contribution in [0, 0.1) is 5.92 Å². The molecular formula is C39H48N8O4S2. The number of likely N-dealkylation sites (tertiary alicyclic amines) is 2. The van der Waals surface area contributed by atoms with E-state index in [-0.39, 0.29) is 35.9 Å². The minimum atomic E-state index is -0.675. The Hall–Kier alpha value is -4.53. The number of thiophene rings is 2. The number of ether oxygens (including phenoxy) is 1.